The molecule has 2 amide bonds. The number of rotatable bonds is 5. The molecule has 1 aromatic carbocycles. The third kappa shape index (κ3) is 5.13. The van der Waals surface area contributed by atoms with E-state index in [1.807, 2.05) is 29.2 Å². The molecule has 3 fully saturated rings. The molecule has 1 N–H and O–H groups in total. The minimum atomic E-state index is 0.102. The molecule has 0 radical (unpaired) electrons. The topological polar surface area (TPSA) is 52.7 Å². The van der Waals surface area contributed by atoms with Crippen LogP contribution >= 0.6 is 0 Å². The first-order chi connectivity index (χ1) is 13.7. The highest BCUT2D eigenvalue weighted by atomic mass is 16.2. The van der Waals surface area contributed by atoms with Gasteiger partial charge in [0.05, 0.1) is 0 Å². The van der Waals surface area contributed by atoms with E-state index in [1.54, 1.807) is 0 Å². The van der Waals surface area contributed by atoms with E-state index in [-0.39, 0.29) is 17.7 Å². The van der Waals surface area contributed by atoms with E-state index in [0.717, 1.165) is 57.0 Å². The summed E-state index contributed by atoms with van der Waals surface area (Å²) in [4.78, 5) is 29.4. The molecule has 152 valence electrons. The van der Waals surface area contributed by atoms with Gasteiger partial charge in [-0.2, -0.15) is 0 Å². The van der Waals surface area contributed by atoms with Crippen molar-refractivity contribution in [1.29, 1.82) is 0 Å². The van der Waals surface area contributed by atoms with Crippen LogP contribution in [-0.4, -0.2) is 54.3 Å². The first-order valence-corrected chi connectivity index (χ1v) is 11.1. The number of nitrogens with one attached hydrogen (secondary N) is 1. The molecule has 2 aliphatic carbocycles. The Kier molecular flexibility index (Phi) is 6.30. The van der Waals surface area contributed by atoms with Crippen molar-refractivity contribution in [3.8, 4) is 0 Å². The maximum Gasteiger partial charge on any atom is 0.253 e. The molecule has 1 heterocycles. The Hall–Kier alpha value is -1.88. The first kappa shape index (κ1) is 19.4. The van der Waals surface area contributed by atoms with Crippen molar-refractivity contribution in [1.82, 2.24) is 9.80 Å². The number of benzene rings is 1. The Labute approximate surface area is 168 Å². The second-order valence-corrected chi connectivity index (χ2v) is 8.79. The average molecular weight is 384 g/mol. The first-order valence-electron chi connectivity index (χ1n) is 11.1. The zero-order chi connectivity index (χ0) is 19.3. The second-order valence-electron chi connectivity index (χ2n) is 8.79. The van der Waals surface area contributed by atoms with Gasteiger partial charge in [0.25, 0.3) is 5.91 Å². The van der Waals surface area contributed by atoms with Crippen LogP contribution in [-0.2, 0) is 4.79 Å². The Bertz CT molecular complexity index is 678. The third-order valence-corrected chi connectivity index (χ3v) is 6.46. The zero-order valence-corrected chi connectivity index (χ0v) is 16.9. The van der Waals surface area contributed by atoms with E-state index in [4.69, 9.17) is 0 Å². The molecule has 1 aromatic rings. The van der Waals surface area contributed by atoms with Gasteiger partial charge in [-0.15, -0.1) is 0 Å². The molecule has 0 atom stereocenters. The summed E-state index contributed by atoms with van der Waals surface area (Å²) in [6.45, 7) is 4.94. The van der Waals surface area contributed by atoms with Crippen molar-refractivity contribution in [2.24, 2.45) is 11.8 Å². The molecular formula is C23H33N3O2. The molecule has 2 saturated carbocycles. The number of nitrogens with zero attached hydrogens (tertiary/aromatic N) is 2. The molecule has 0 spiro atoms. The molecular weight excluding hydrogens is 350 g/mol. The molecule has 0 aromatic heterocycles. The standard InChI is InChI=1S/C23H33N3O2/c27-22(19-7-8-19)24-21-11-9-20(10-12-21)23(28)26-14-4-13-25(15-16-26)17-18-5-2-1-3-6-18/h9-12,18-19H,1-8,13-17H2,(H,24,27). The van der Waals surface area contributed by atoms with E-state index in [9.17, 15) is 9.59 Å². The van der Waals surface area contributed by atoms with Gasteiger partial charge in [-0.3, -0.25) is 9.59 Å². The SMILES string of the molecule is O=C(Nc1ccc(C(=O)N2CCCN(CC3CCCCC3)CC2)cc1)C1CC1. The van der Waals surface area contributed by atoms with Gasteiger partial charge in [-0.1, -0.05) is 19.3 Å². The second kappa shape index (κ2) is 9.08. The maximum atomic E-state index is 12.9. The normalized spacial score (nSPS) is 21.9. The van der Waals surface area contributed by atoms with Gasteiger partial charge in [0.1, 0.15) is 0 Å². The molecule has 3 aliphatic rings. The molecule has 5 nitrogen and oxygen atoms in total. The molecule has 0 unspecified atom stereocenters. The van der Waals surface area contributed by atoms with Crippen LogP contribution in [0.1, 0.15) is 61.7 Å². The molecule has 1 aliphatic heterocycles. The van der Waals surface area contributed by atoms with E-state index in [2.05, 4.69) is 10.2 Å². The van der Waals surface area contributed by atoms with Crippen LogP contribution in [0.3, 0.4) is 0 Å². The number of hydrogen-bond acceptors (Lipinski definition) is 3. The number of carbonyl (C=O) groups excluding carboxylic acids is 2. The van der Waals surface area contributed by atoms with Crippen molar-refractivity contribution in [3.05, 3.63) is 29.8 Å². The fraction of sp³-hybridized carbons (Fsp3) is 0.652. The van der Waals surface area contributed by atoms with Crippen LogP contribution in [0, 0.1) is 11.8 Å². The summed E-state index contributed by atoms with van der Waals surface area (Å²) in [7, 11) is 0. The van der Waals surface area contributed by atoms with Gasteiger partial charge >= 0.3 is 0 Å². The lowest BCUT2D eigenvalue weighted by Crippen LogP contribution is -2.36. The van der Waals surface area contributed by atoms with Gasteiger partial charge in [0.15, 0.2) is 0 Å². The van der Waals surface area contributed by atoms with Crippen molar-refractivity contribution in [2.75, 3.05) is 38.0 Å². The number of amides is 2. The highest BCUT2D eigenvalue weighted by molar-refractivity contribution is 5.96. The Morgan fingerprint density at radius 3 is 2.32 bits per heavy atom. The lowest BCUT2D eigenvalue weighted by Gasteiger charge is -2.28. The summed E-state index contributed by atoms with van der Waals surface area (Å²) < 4.78 is 0. The zero-order valence-electron chi connectivity index (χ0n) is 16.9. The van der Waals surface area contributed by atoms with Crippen molar-refractivity contribution in [3.63, 3.8) is 0 Å². The van der Waals surface area contributed by atoms with Gasteiger partial charge in [-0.25, -0.2) is 0 Å². The monoisotopic (exact) mass is 383 g/mol. The smallest absolute Gasteiger partial charge is 0.253 e. The van der Waals surface area contributed by atoms with E-state index in [1.165, 1.54) is 38.6 Å². The predicted octanol–water partition coefficient (Wildman–Crippen LogP) is 3.76. The van der Waals surface area contributed by atoms with Crippen molar-refractivity contribution >= 4 is 17.5 Å². The van der Waals surface area contributed by atoms with Gasteiger partial charge in [0.2, 0.25) is 5.91 Å². The Morgan fingerprint density at radius 1 is 0.857 bits per heavy atom. The minimum absolute atomic E-state index is 0.102. The Morgan fingerprint density at radius 2 is 1.61 bits per heavy atom. The van der Waals surface area contributed by atoms with Gasteiger partial charge in [-0.05, 0) is 68.8 Å². The fourth-order valence-electron chi connectivity index (χ4n) is 4.56. The van der Waals surface area contributed by atoms with Crippen LogP contribution < -0.4 is 5.32 Å². The van der Waals surface area contributed by atoms with Crippen molar-refractivity contribution < 1.29 is 9.59 Å². The highest BCUT2D eigenvalue weighted by Gasteiger charge is 2.29. The summed E-state index contributed by atoms with van der Waals surface area (Å²) in [6, 6.07) is 7.38. The Balaban J connectivity index is 1.28. The summed E-state index contributed by atoms with van der Waals surface area (Å²) >= 11 is 0. The highest BCUT2D eigenvalue weighted by Crippen LogP contribution is 2.30. The molecule has 1 saturated heterocycles. The van der Waals surface area contributed by atoms with Crippen LogP contribution in [0.4, 0.5) is 5.69 Å². The largest absolute Gasteiger partial charge is 0.337 e. The van der Waals surface area contributed by atoms with Crippen LogP contribution in [0.5, 0.6) is 0 Å². The number of carbonyl (C=O) groups is 2. The summed E-state index contributed by atoms with van der Waals surface area (Å²) in [6.07, 6.45) is 9.98. The van der Waals surface area contributed by atoms with Gasteiger partial charge in [0, 0.05) is 43.3 Å². The molecule has 0 bridgehead atoms. The minimum Gasteiger partial charge on any atom is -0.337 e. The average Bonchev–Trinajstić information content (AvgIpc) is 3.57. The molecule has 28 heavy (non-hydrogen) atoms. The van der Waals surface area contributed by atoms with Crippen LogP contribution in [0.25, 0.3) is 0 Å². The van der Waals surface area contributed by atoms with E-state index in [0.29, 0.717) is 5.56 Å². The summed E-state index contributed by atoms with van der Waals surface area (Å²) in [5, 5.41) is 2.93. The fourth-order valence-corrected chi connectivity index (χ4v) is 4.56. The lowest BCUT2D eigenvalue weighted by molar-refractivity contribution is -0.117. The van der Waals surface area contributed by atoms with E-state index < -0.39 is 0 Å². The summed E-state index contributed by atoms with van der Waals surface area (Å²) in [5.41, 5.74) is 1.49. The van der Waals surface area contributed by atoms with E-state index >= 15 is 0 Å². The van der Waals surface area contributed by atoms with Crippen LogP contribution in [0.2, 0.25) is 0 Å². The number of hydrogen-bond donors (Lipinski definition) is 1. The number of anilines is 1. The van der Waals surface area contributed by atoms with Crippen molar-refractivity contribution in [2.45, 2.75) is 51.4 Å². The maximum absolute atomic E-state index is 12.9. The lowest BCUT2D eigenvalue weighted by atomic mass is 9.89. The quantitative estimate of drug-likeness (QED) is 0.842. The molecule has 4 rings (SSSR count). The third-order valence-electron chi connectivity index (χ3n) is 6.46. The molecule has 5 heteroatoms. The summed E-state index contributed by atoms with van der Waals surface area (Å²) in [5.74, 6) is 1.26. The predicted molar refractivity (Wildman–Crippen MR) is 111 cm³/mol. The van der Waals surface area contributed by atoms with Gasteiger partial charge < -0.3 is 15.1 Å². The van der Waals surface area contributed by atoms with Crippen LogP contribution in [0.15, 0.2) is 24.3 Å².